The molecule has 0 saturated heterocycles. The van der Waals surface area contributed by atoms with Crippen molar-refractivity contribution in [2.45, 2.75) is 70.8 Å². The molecule has 2 saturated carbocycles. The maximum Gasteiger partial charge on any atom is 0.251 e. The van der Waals surface area contributed by atoms with E-state index in [2.05, 4.69) is 28.6 Å². The molecule has 0 bridgehead atoms. The number of nitrogens with one attached hydrogen (secondary N) is 3. The van der Waals surface area contributed by atoms with Crippen LogP contribution in [0.3, 0.4) is 0 Å². The van der Waals surface area contributed by atoms with Crippen molar-refractivity contribution in [2.24, 2.45) is 11.8 Å². The Kier molecular flexibility index (Phi) is 6.70. The molecule has 1 heterocycles. The molecule has 2 aromatic carbocycles. The van der Waals surface area contributed by atoms with Crippen molar-refractivity contribution < 1.29 is 9.59 Å². The number of amides is 2. The summed E-state index contributed by atoms with van der Waals surface area (Å²) in [5.74, 6) is 0.846. The van der Waals surface area contributed by atoms with E-state index >= 15 is 0 Å². The molecule has 2 unspecified atom stereocenters. The van der Waals surface area contributed by atoms with E-state index in [0.717, 1.165) is 60.0 Å². The van der Waals surface area contributed by atoms with E-state index in [0.29, 0.717) is 11.5 Å². The smallest absolute Gasteiger partial charge is 0.251 e. The Morgan fingerprint density at radius 3 is 2.35 bits per heavy atom. The highest BCUT2D eigenvalue weighted by molar-refractivity contribution is 5.99. The van der Waals surface area contributed by atoms with E-state index in [1.807, 2.05) is 42.5 Å². The first kappa shape index (κ1) is 22.7. The number of rotatable bonds is 5. The van der Waals surface area contributed by atoms with Gasteiger partial charge in [0, 0.05) is 39.8 Å². The summed E-state index contributed by atoms with van der Waals surface area (Å²) in [6.07, 6.45) is 10.3. The molecule has 0 spiro atoms. The molecule has 2 fully saturated rings. The minimum atomic E-state index is 0.0152. The van der Waals surface area contributed by atoms with Gasteiger partial charge in [0.15, 0.2) is 0 Å². The van der Waals surface area contributed by atoms with Crippen molar-refractivity contribution in [3.8, 4) is 11.3 Å². The molecule has 5 rings (SSSR count). The second-order valence-electron chi connectivity index (χ2n) is 10.2. The van der Waals surface area contributed by atoms with Gasteiger partial charge in [-0.3, -0.25) is 9.59 Å². The van der Waals surface area contributed by atoms with Crippen molar-refractivity contribution in [3.63, 3.8) is 0 Å². The van der Waals surface area contributed by atoms with Gasteiger partial charge in [-0.25, -0.2) is 0 Å². The Hall–Kier alpha value is -3.08. The third-order valence-electron chi connectivity index (χ3n) is 7.75. The first-order valence-corrected chi connectivity index (χ1v) is 12.9. The van der Waals surface area contributed by atoms with Gasteiger partial charge in [-0.2, -0.15) is 0 Å². The zero-order valence-corrected chi connectivity index (χ0v) is 20.0. The second-order valence-corrected chi connectivity index (χ2v) is 10.2. The van der Waals surface area contributed by atoms with Crippen molar-refractivity contribution >= 4 is 28.4 Å². The fraction of sp³-hybridized carbons (Fsp3) is 0.448. The second kappa shape index (κ2) is 10.0. The predicted octanol–water partition coefficient (Wildman–Crippen LogP) is 6.66. The monoisotopic (exact) mass is 457 g/mol. The third-order valence-corrected chi connectivity index (χ3v) is 7.75. The largest absolute Gasteiger partial charge is 0.355 e. The van der Waals surface area contributed by atoms with Gasteiger partial charge in [-0.15, -0.1) is 0 Å². The summed E-state index contributed by atoms with van der Waals surface area (Å²) in [5, 5.41) is 7.35. The van der Waals surface area contributed by atoms with Gasteiger partial charge in [-0.05, 0) is 73.6 Å². The van der Waals surface area contributed by atoms with Crippen LogP contribution in [-0.4, -0.2) is 22.8 Å². The fourth-order valence-corrected chi connectivity index (χ4v) is 5.55. The van der Waals surface area contributed by atoms with Crippen molar-refractivity contribution in [2.75, 3.05) is 5.32 Å². The van der Waals surface area contributed by atoms with Crippen LogP contribution in [0.15, 0.2) is 48.5 Å². The molecule has 178 valence electrons. The van der Waals surface area contributed by atoms with Crippen LogP contribution < -0.4 is 10.6 Å². The number of aromatic nitrogens is 1. The molecule has 3 N–H and O–H groups in total. The SMILES string of the molecule is CC1CCCCC1NC(=O)c1ccc2[nH]c(-c3ccc(NC(=O)C4CCCCC4)cc3)cc2c1. The molecule has 2 aliphatic carbocycles. The van der Waals surface area contributed by atoms with E-state index in [-0.39, 0.29) is 23.8 Å². The number of benzene rings is 2. The number of carbonyl (C=O) groups excluding carboxylic acids is 2. The minimum Gasteiger partial charge on any atom is -0.355 e. The lowest BCUT2D eigenvalue weighted by atomic mass is 9.86. The number of fused-ring (bicyclic) bond motifs is 1. The molecule has 5 nitrogen and oxygen atoms in total. The van der Waals surface area contributed by atoms with E-state index in [1.165, 1.54) is 25.7 Å². The lowest BCUT2D eigenvalue weighted by molar-refractivity contribution is -0.120. The molecule has 2 atom stereocenters. The van der Waals surface area contributed by atoms with Crippen molar-refractivity contribution in [1.29, 1.82) is 0 Å². The highest BCUT2D eigenvalue weighted by atomic mass is 16.2. The van der Waals surface area contributed by atoms with Crippen LogP contribution in [0.4, 0.5) is 5.69 Å². The van der Waals surface area contributed by atoms with Crippen LogP contribution in [0.2, 0.25) is 0 Å². The normalized spacial score (nSPS) is 21.3. The van der Waals surface area contributed by atoms with Crippen LogP contribution >= 0.6 is 0 Å². The Bertz CT molecular complexity index is 1160. The average molecular weight is 458 g/mol. The number of H-pyrrole nitrogens is 1. The first-order valence-electron chi connectivity index (χ1n) is 12.9. The Morgan fingerprint density at radius 1 is 0.853 bits per heavy atom. The van der Waals surface area contributed by atoms with E-state index in [9.17, 15) is 9.59 Å². The van der Waals surface area contributed by atoms with Gasteiger partial charge in [0.25, 0.3) is 5.91 Å². The summed E-state index contributed by atoms with van der Waals surface area (Å²) in [4.78, 5) is 28.8. The van der Waals surface area contributed by atoms with Gasteiger partial charge in [-0.1, -0.05) is 51.2 Å². The maximum atomic E-state index is 12.9. The molecule has 5 heteroatoms. The molecular formula is C29H35N3O2. The fourth-order valence-electron chi connectivity index (χ4n) is 5.55. The third kappa shape index (κ3) is 5.03. The molecule has 2 amide bonds. The van der Waals surface area contributed by atoms with Crippen molar-refractivity contribution in [3.05, 3.63) is 54.1 Å². The van der Waals surface area contributed by atoms with Gasteiger partial charge in [0.2, 0.25) is 5.91 Å². The summed E-state index contributed by atoms with van der Waals surface area (Å²) in [6, 6.07) is 16.2. The van der Waals surface area contributed by atoms with E-state index in [1.54, 1.807) is 0 Å². The number of anilines is 1. The van der Waals surface area contributed by atoms with Gasteiger partial charge < -0.3 is 15.6 Å². The summed E-state index contributed by atoms with van der Waals surface area (Å²) >= 11 is 0. The predicted molar refractivity (Wildman–Crippen MR) is 138 cm³/mol. The van der Waals surface area contributed by atoms with Crippen molar-refractivity contribution in [1.82, 2.24) is 10.3 Å². The maximum absolute atomic E-state index is 12.9. The molecule has 34 heavy (non-hydrogen) atoms. The van der Waals surface area contributed by atoms with Crippen LogP contribution in [0.5, 0.6) is 0 Å². The number of carbonyl (C=O) groups is 2. The van der Waals surface area contributed by atoms with Gasteiger partial charge in [0.05, 0.1) is 0 Å². The van der Waals surface area contributed by atoms with Gasteiger partial charge in [0.1, 0.15) is 0 Å². The summed E-state index contributed by atoms with van der Waals surface area (Å²) in [7, 11) is 0. The minimum absolute atomic E-state index is 0.0152. The first-order chi connectivity index (χ1) is 16.6. The van der Waals surface area contributed by atoms with Crippen LogP contribution in [-0.2, 0) is 4.79 Å². The molecule has 0 aliphatic heterocycles. The number of hydrogen-bond donors (Lipinski definition) is 3. The van der Waals surface area contributed by atoms with E-state index in [4.69, 9.17) is 0 Å². The van der Waals surface area contributed by atoms with Gasteiger partial charge >= 0.3 is 0 Å². The Labute approximate surface area is 201 Å². The lowest BCUT2D eigenvalue weighted by Gasteiger charge is -2.29. The summed E-state index contributed by atoms with van der Waals surface area (Å²) in [5.41, 5.74) is 4.60. The highest BCUT2D eigenvalue weighted by Gasteiger charge is 2.23. The molecule has 1 aromatic heterocycles. The van der Waals surface area contributed by atoms with E-state index < -0.39 is 0 Å². The average Bonchev–Trinajstić information content (AvgIpc) is 3.30. The molecule has 3 aromatic rings. The van der Waals surface area contributed by atoms with Crippen LogP contribution in [0.25, 0.3) is 22.2 Å². The molecule has 0 radical (unpaired) electrons. The standard InChI is InChI=1S/C29H35N3O2/c1-19-7-5-6-10-25(19)32-29(34)22-13-16-26-23(17-22)18-27(31-26)20-11-14-24(15-12-20)30-28(33)21-8-3-2-4-9-21/h11-19,21,25,31H,2-10H2,1H3,(H,30,33)(H,32,34). The number of hydrogen-bond acceptors (Lipinski definition) is 2. The Balaban J connectivity index is 1.26. The molecular weight excluding hydrogens is 422 g/mol. The lowest BCUT2D eigenvalue weighted by Crippen LogP contribution is -2.41. The van der Waals surface area contributed by atoms with Crippen LogP contribution in [0, 0.1) is 11.8 Å². The zero-order valence-electron chi connectivity index (χ0n) is 20.0. The quantitative estimate of drug-likeness (QED) is 0.401. The summed E-state index contributed by atoms with van der Waals surface area (Å²) < 4.78 is 0. The van der Waals surface area contributed by atoms with Crippen LogP contribution in [0.1, 0.15) is 75.1 Å². The molecule has 2 aliphatic rings. The number of aromatic amines is 1. The summed E-state index contributed by atoms with van der Waals surface area (Å²) in [6.45, 7) is 2.23. The topological polar surface area (TPSA) is 74.0 Å². The Morgan fingerprint density at radius 2 is 1.59 bits per heavy atom. The zero-order chi connectivity index (χ0) is 23.5. The highest BCUT2D eigenvalue weighted by Crippen LogP contribution is 2.28.